The fourth-order valence-electron chi connectivity index (χ4n) is 4.30. The molecule has 1 aliphatic carbocycles. The van der Waals surface area contributed by atoms with Crippen molar-refractivity contribution < 1.29 is 4.74 Å². The minimum atomic E-state index is 0.280. The molecule has 2 aliphatic rings. The van der Waals surface area contributed by atoms with Crippen LogP contribution in [-0.2, 0) is 4.74 Å². The Bertz CT molecular complexity index is 272. The van der Waals surface area contributed by atoms with Crippen molar-refractivity contribution >= 4 is 0 Å². The average Bonchev–Trinajstić information content (AvgIpc) is 2.53. The maximum Gasteiger partial charge on any atom is 0.0594 e. The summed E-state index contributed by atoms with van der Waals surface area (Å²) in [6, 6.07) is 0.635. The molecule has 2 rings (SSSR count). The summed E-state index contributed by atoms with van der Waals surface area (Å²) in [5, 5.41) is 3.86. The Morgan fingerprint density at radius 1 is 1.15 bits per heavy atom. The van der Waals surface area contributed by atoms with Crippen molar-refractivity contribution in [2.75, 3.05) is 32.8 Å². The average molecular weight is 282 g/mol. The standard InChI is InChI=1S/C17H34N2O/c1-4-17(3,19-11-13-20-14-12-19)16(18-5-2)15-9-7-6-8-10-15/h15-16,18H,4-14H2,1-3H3. The molecule has 2 atom stereocenters. The smallest absolute Gasteiger partial charge is 0.0594 e. The summed E-state index contributed by atoms with van der Waals surface area (Å²) in [5.74, 6) is 0.858. The molecule has 20 heavy (non-hydrogen) atoms. The Kier molecular flexibility index (Phi) is 6.31. The van der Waals surface area contributed by atoms with Crippen LogP contribution in [-0.4, -0.2) is 49.3 Å². The van der Waals surface area contributed by atoms with Crippen molar-refractivity contribution in [3.63, 3.8) is 0 Å². The van der Waals surface area contributed by atoms with E-state index in [0.717, 1.165) is 38.8 Å². The maximum absolute atomic E-state index is 5.56. The van der Waals surface area contributed by atoms with Crippen LogP contribution in [0.3, 0.4) is 0 Å². The van der Waals surface area contributed by atoms with Crippen LogP contribution in [0, 0.1) is 5.92 Å². The zero-order chi connectivity index (χ0) is 14.4. The van der Waals surface area contributed by atoms with E-state index in [-0.39, 0.29) is 5.54 Å². The first-order valence-corrected chi connectivity index (χ1v) is 8.78. The fourth-order valence-corrected chi connectivity index (χ4v) is 4.30. The van der Waals surface area contributed by atoms with Gasteiger partial charge in [-0.1, -0.05) is 33.1 Å². The minimum absolute atomic E-state index is 0.280. The number of ether oxygens (including phenoxy) is 1. The van der Waals surface area contributed by atoms with Gasteiger partial charge in [-0.15, -0.1) is 0 Å². The van der Waals surface area contributed by atoms with Crippen molar-refractivity contribution in [3.05, 3.63) is 0 Å². The first-order chi connectivity index (χ1) is 9.72. The molecule has 0 amide bonds. The fraction of sp³-hybridized carbons (Fsp3) is 1.00. The van der Waals surface area contributed by atoms with Gasteiger partial charge in [0.25, 0.3) is 0 Å². The highest BCUT2D eigenvalue weighted by Gasteiger charge is 2.42. The Morgan fingerprint density at radius 2 is 1.80 bits per heavy atom. The molecule has 0 aromatic rings. The van der Waals surface area contributed by atoms with Gasteiger partial charge >= 0.3 is 0 Å². The second-order valence-corrected chi connectivity index (χ2v) is 6.74. The molecule has 0 radical (unpaired) electrons. The number of hydrogen-bond donors (Lipinski definition) is 1. The van der Waals surface area contributed by atoms with Gasteiger partial charge in [-0.2, -0.15) is 0 Å². The molecule has 2 fully saturated rings. The molecule has 3 heteroatoms. The van der Waals surface area contributed by atoms with Crippen molar-refractivity contribution in [1.29, 1.82) is 0 Å². The maximum atomic E-state index is 5.56. The highest BCUT2D eigenvalue weighted by atomic mass is 16.5. The Labute approximate surface area is 125 Å². The van der Waals surface area contributed by atoms with Crippen LogP contribution in [0.1, 0.15) is 59.3 Å². The molecule has 2 unspecified atom stereocenters. The van der Waals surface area contributed by atoms with Gasteiger partial charge in [0.15, 0.2) is 0 Å². The molecule has 1 aliphatic heterocycles. The molecule has 0 aromatic heterocycles. The van der Waals surface area contributed by atoms with Crippen LogP contribution in [0.4, 0.5) is 0 Å². The van der Waals surface area contributed by atoms with E-state index in [1.807, 2.05) is 0 Å². The van der Waals surface area contributed by atoms with Crippen LogP contribution in [0.2, 0.25) is 0 Å². The predicted molar refractivity (Wildman–Crippen MR) is 85.1 cm³/mol. The van der Waals surface area contributed by atoms with Gasteiger partial charge in [0.2, 0.25) is 0 Å². The molecule has 1 saturated heterocycles. The second kappa shape index (κ2) is 7.77. The SMILES string of the molecule is CCNC(C1CCCCC1)C(C)(CC)N1CCOCC1. The van der Waals surface area contributed by atoms with Crippen molar-refractivity contribution in [1.82, 2.24) is 10.2 Å². The lowest BCUT2D eigenvalue weighted by Gasteiger charge is -2.51. The van der Waals surface area contributed by atoms with Gasteiger partial charge in [0.1, 0.15) is 0 Å². The third kappa shape index (κ3) is 3.55. The van der Waals surface area contributed by atoms with Crippen molar-refractivity contribution in [2.45, 2.75) is 70.9 Å². The van der Waals surface area contributed by atoms with E-state index in [2.05, 4.69) is 31.0 Å². The Morgan fingerprint density at radius 3 is 2.35 bits per heavy atom. The van der Waals surface area contributed by atoms with E-state index in [1.54, 1.807) is 0 Å². The zero-order valence-corrected chi connectivity index (χ0v) is 13.8. The zero-order valence-electron chi connectivity index (χ0n) is 13.8. The lowest BCUT2D eigenvalue weighted by molar-refractivity contribution is -0.0435. The molecule has 118 valence electrons. The first kappa shape index (κ1) is 16.3. The third-order valence-electron chi connectivity index (χ3n) is 5.66. The number of nitrogens with one attached hydrogen (secondary N) is 1. The van der Waals surface area contributed by atoms with Gasteiger partial charge in [-0.05, 0) is 38.6 Å². The molecule has 0 spiro atoms. The van der Waals surface area contributed by atoms with Gasteiger partial charge in [-0.25, -0.2) is 0 Å². The summed E-state index contributed by atoms with van der Waals surface area (Å²) >= 11 is 0. The van der Waals surface area contributed by atoms with Crippen LogP contribution in [0.15, 0.2) is 0 Å². The highest BCUT2D eigenvalue weighted by molar-refractivity contribution is 5.00. The summed E-state index contributed by atoms with van der Waals surface area (Å²) in [5.41, 5.74) is 0.280. The van der Waals surface area contributed by atoms with Crippen LogP contribution in [0.25, 0.3) is 0 Å². The van der Waals surface area contributed by atoms with E-state index < -0.39 is 0 Å². The first-order valence-electron chi connectivity index (χ1n) is 8.78. The molecule has 0 aromatic carbocycles. The van der Waals surface area contributed by atoms with E-state index in [9.17, 15) is 0 Å². The predicted octanol–water partition coefficient (Wildman–Crippen LogP) is 3.05. The van der Waals surface area contributed by atoms with Gasteiger partial charge in [0, 0.05) is 24.7 Å². The van der Waals surface area contributed by atoms with Crippen LogP contribution >= 0.6 is 0 Å². The van der Waals surface area contributed by atoms with Gasteiger partial charge in [0.05, 0.1) is 13.2 Å². The molecule has 1 N–H and O–H groups in total. The van der Waals surface area contributed by atoms with Crippen LogP contribution in [0.5, 0.6) is 0 Å². The molecule has 1 saturated carbocycles. The van der Waals surface area contributed by atoms with E-state index in [0.29, 0.717) is 6.04 Å². The third-order valence-corrected chi connectivity index (χ3v) is 5.66. The van der Waals surface area contributed by atoms with Crippen molar-refractivity contribution in [3.8, 4) is 0 Å². The monoisotopic (exact) mass is 282 g/mol. The topological polar surface area (TPSA) is 24.5 Å². The molecular formula is C17H34N2O. The lowest BCUT2D eigenvalue weighted by Crippen LogP contribution is -2.64. The van der Waals surface area contributed by atoms with Gasteiger partial charge < -0.3 is 10.1 Å². The molecule has 1 heterocycles. The number of likely N-dealkylation sites (N-methyl/N-ethyl adjacent to an activating group) is 1. The minimum Gasteiger partial charge on any atom is -0.379 e. The Hall–Kier alpha value is -0.120. The largest absolute Gasteiger partial charge is 0.379 e. The summed E-state index contributed by atoms with van der Waals surface area (Å²) in [6.45, 7) is 12.2. The highest BCUT2D eigenvalue weighted by Crippen LogP contribution is 2.36. The van der Waals surface area contributed by atoms with Crippen LogP contribution < -0.4 is 5.32 Å². The van der Waals surface area contributed by atoms with E-state index in [1.165, 1.54) is 38.5 Å². The number of hydrogen-bond acceptors (Lipinski definition) is 3. The normalized spacial score (nSPS) is 27.1. The molecular weight excluding hydrogens is 248 g/mol. The van der Waals surface area contributed by atoms with Gasteiger partial charge in [-0.3, -0.25) is 4.90 Å². The summed E-state index contributed by atoms with van der Waals surface area (Å²) in [6.07, 6.45) is 8.34. The number of morpholine rings is 1. The quantitative estimate of drug-likeness (QED) is 0.810. The molecule has 0 bridgehead atoms. The second-order valence-electron chi connectivity index (χ2n) is 6.74. The number of rotatable bonds is 6. The summed E-state index contributed by atoms with van der Waals surface area (Å²) in [4.78, 5) is 2.69. The Balaban J connectivity index is 2.13. The summed E-state index contributed by atoms with van der Waals surface area (Å²) in [7, 11) is 0. The van der Waals surface area contributed by atoms with E-state index >= 15 is 0 Å². The molecule has 3 nitrogen and oxygen atoms in total. The number of nitrogens with zero attached hydrogens (tertiary/aromatic N) is 1. The van der Waals surface area contributed by atoms with E-state index in [4.69, 9.17) is 4.74 Å². The van der Waals surface area contributed by atoms with Crippen molar-refractivity contribution in [2.24, 2.45) is 5.92 Å². The lowest BCUT2D eigenvalue weighted by atomic mass is 9.73. The summed E-state index contributed by atoms with van der Waals surface area (Å²) < 4.78 is 5.56.